The number of hydrogen-bond acceptors (Lipinski definition) is 3. The van der Waals surface area contributed by atoms with Crippen LogP contribution in [0.25, 0.3) is 0 Å². The maximum Gasteiger partial charge on any atom is 0.243 e. The highest BCUT2D eigenvalue weighted by Crippen LogP contribution is 2.23. The molecule has 5 nitrogen and oxygen atoms in total. The van der Waals surface area contributed by atoms with Crippen molar-refractivity contribution >= 4 is 33.2 Å². The summed E-state index contributed by atoms with van der Waals surface area (Å²) in [5, 5.41) is 3.19. The zero-order valence-electron chi connectivity index (χ0n) is 14.4. The lowest BCUT2D eigenvalue weighted by molar-refractivity contribution is -0.121. The van der Waals surface area contributed by atoms with Gasteiger partial charge in [0.15, 0.2) is 0 Å². The van der Waals surface area contributed by atoms with E-state index in [0.717, 1.165) is 16.1 Å². The molecular formula is C18H20ClFN2O3S. The largest absolute Gasteiger partial charge is 0.354 e. The molecule has 0 bridgehead atoms. The van der Waals surface area contributed by atoms with Crippen molar-refractivity contribution in [3.8, 4) is 0 Å². The van der Waals surface area contributed by atoms with E-state index in [1.165, 1.54) is 19.1 Å². The van der Waals surface area contributed by atoms with Gasteiger partial charge in [-0.3, -0.25) is 9.10 Å². The highest BCUT2D eigenvalue weighted by Gasteiger charge is 2.28. The van der Waals surface area contributed by atoms with Crippen LogP contribution < -0.4 is 9.62 Å². The number of anilines is 1. The lowest BCUT2D eigenvalue weighted by Gasteiger charge is -2.28. The van der Waals surface area contributed by atoms with Crippen LogP contribution in [0.15, 0.2) is 48.5 Å². The van der Waals surface area contributed by atoms with Crippen molar-refractivity contribution in [2.24, 2.45) is 0 Å². The Hall–Kier alpha value is -2.12. The summed E-state index contributed by atoms with van der Waals surface area (Å²) in [6.45, 7) is 1.83. The monoisotopic (exact) mass is 398 g/mol. The maximum atomic E-state index is 12.9. The topological polar surface area (TPSA) is 66.5 Å². The molecule has 0 spiro atoms. The van der Waals surface area contributed by atoms with Gasteiger partial charge in [-0.25, -0.2) is 12.8 Å². The number of rotatable bonds is 7. The van der Waals surface area contributed by atoms with Crippen LogP contribution in [-0.2, 0) is 21.2 Å². The quantitative estimate of drug-likeness (QED) is 0.779. The minimum absolute atomic E-state index is 0.313. The van der Waals surface area contributed by atoms with Crippen molar-refractivity contribution in [1.82, 2.24) is 5.32 Å². The predicted octanol–water partition coefficient (Wildman–Crippen LogP) is 2.99. The molecule has 2 aromatic rings. The number of carbonyl (C=O) groups is 1. The van der Waals surface area contributed by atoms with Crippen LogP contribution in [0.1, 0.15) is 12.5 Å². The highest BCUT2D eigenvalue weighted by molar-refractivity contribution is 7.92. The Morgan fingerprint density at radius 3 is 2.27 bits per heavy atom. The van der Waals surface area contributed by atoms with Gasteiger partial charge in [-0.05, 0) is 55.3 Å². The number of amides is 1. The van der Waals surface area contributed by atoms with Gasteiger partial charge in [0.05, 0.1) is 11.9 Å². The van der Waals surface area contributed by atoms with Gasteiger partial charge in [0.25, 0.3) is 0 Å². The Balaban J connectivity index is 2.05. The molecule has 0 saturated heterocycles. The molecule has 2 aromatic carbocycles. The number of halogens is 2. The summed E-state index contributed by atoms with van der Waals surface area (Å²) in [4.78, 5) is 12.4. The molecule has 1 amide bonds. The third-order valence-corrected chi connectivity index (χ3v) is 5.29. The van der Waals surface area contributed by atoms with Crippen LogP contribution in [0.3, 0.4) is 0 Å². The maximum absolute atomic E-state index is 12.9. The third-order valence-electron chi connectivity index (χ3n) is 3.80. The van der Waals surface area contributed by atoms with E-state index >= 15 is 0 Å². The summed E-state index contributed by atoms with van der Waals surface area (Å²) in [6, 6.07) is 11.3. The van der Waals surface area contributed by atoms with E-state index in [4.69, 9.17) is 11.6 Å². The molecule has 1 N–H and O–H groups in total. The lowest BCUT2D eigenvalue weighted by Crippen LogP contribution is -2.48. The zero-order valence-corrected chi connectivity index (χ0v) is 16.0. The van der Waals surface area contributed by atoms with Crippen LogP contribution in [0.2, 0.25) is 5.02 Å². The fourth-order valence-corrected chi connectivity index (χ4v) is 3.83. The first kappa shape index (κ1) is 20.2. The van der Waals surface area contributed by atoms with Crippen molar-refractivity contribution in [2.45, 2.75) is 19.4 Å². The first-order chi connectivity index (χ1) is 12.2. The van der Waals surface area contributed by atoms with Crippen LogP contribution in [0.4, 0.5) is 10.1 Å². The Labute approximate surface area is 157 Å². The van der Waals surface area contributed by atoms with Crippen LogP contribution in [-0.4, -0.2) is 33.2 Å². The molecule has 26 heavy (non-hydrogen) atoms. The molecule has 0 heterocycles. The number of benzene rings is 2. The summed E-state index contributed by atoms with van der Waals surface area (Å²) in [5.41, 5.74) is 1.23. The Morgan fingerprint density at radius 1 is 1.15 bits per heavy atom. The van der Waals surface area contributed by atoms with Gasteiger partial charge < -0.3 is 5.32 Å². The smallest absolute Gasteiger partial charge is 0.243 e. The molecule has 0 radical (unpaired) electrons. The Kier molecular flexibility index (Phi) is 6.61. The fourth-order valence-electron chi connectivity index (χ4n) is 2.53. The van der Waals surface area contributed by atoms with Gasteiger partial charge in [0.2, 0.25) is 15.9 Å². The summed E-state index contributed by atoms with van der Waals surface area (Å²) in [7, 11) is -3.67. The summed E-state index contributed by atoms with van der Waals surface area (Å²) < 4.78 is 38.3. The van der Waals surface area contributed by atoms with Crippen LogP contribution in [0, 0.1) is 5.82 Å². The van der Waals surface area contributed by atoms with E-state index in [1.807, 2.05) is 0 Å². The number of sulfonamides is 1. The molecule has 0 saturated carbocycles. The molecule has 0 aliphatic carbocycles. The highest BCUT2D eigenvalue weighted by atomic mass is 35.5. The Bertz CT molecular complexity index is 855. The second-order valence-electron chi connectivity index (χ2n) is 5.88. The first-order valence-electron chi connectivity index (χ1n) is 7.95. The predicted molar refractivity (Wildman–Crippen MR) is 101 cm³/mol. The standard InChI is InChI=1S/C18H20ClFN2O3S/c1-13(18(23)21-12-11-14-3-7-16(20)8-4-14)22(26(2,24)25)17-9-5-15(19)6-10-17/h3-10,13H,11-12H2,1-2H3,(H,21,23). The average Bonchev–Trinajstić information content (AvgIpc) is 2.57. The number of carbonyl (C=O) groups excluding carboxylic acids is 1. The van der Waals surface area contributed by atoms with E-state index in [1.54, 1.807) is 36.4 Å². The molecule has 0 aliphatic rings. The van der Waals surface area contributed by atoms with Gasteiger partial charge in [-0.15, -0.1) is 0 Å². The number of nitrogens with one attached hydrogen (secondary N) is 1. The van der Waals surface area contributed by atoms with Crippen molar-refractivity contribution in [2.75, 3.05) is 17.1 Å². The second-order valence-corrected chi connectivity index (χ2v) is 8.17. The molecule has 0 aromatic heterocycles. The van der Waals surface area contributed by atoms with Crippen molar-refractivity contribution in [1.29, 1.82) is 0 Å². The van der Waals surface area contributed by atoms with Crippen molar-refractivity contribution in [3.05, 3.63) is 64.9 Å². The Morgan fingerprint density at radius 2 is 1.73 bits per heavy atom. The molecule has 1 atom stereocenters. The normalized spacial score (nSPS) is 12.5. The second kappa shape index (κ2) is 8.51. The van der Waals surface area contributed by atoms with Crippen LogP contribution in [0.5, 0.6) is 0 Å². The van der Waals surface area contributed by atoms with Gasteiger partial charge in [0, 0.05) is 11.6 Å². The minimum Gasteiger partial charge on any atom is -0.354 e. The van der Waals surface area contributed by atoms with E-state index in [2.05, 4.69) is 5.32 Å². The van der Waals surface area contributed by atoms with E-state index in [-0.39, 0.29) is 5.82 Å². The lowest BCUT2D eigenvalue weighted by atomic mass is 10.1. The average molecular weight is 399 g/mol. The van der Waals surface area contributed by atoms with E-state index < -0.39 is 22.0 Å². The van der Waals surface area contributed by atoms with E-state index in [9.17, 15) is 17.6 Å². The zero-order chi connectivity index (χ0) is 19.3. The summed E-state index contributed by atoms with van der Waals surface area (Å²) in [6.07, 6.45) is 1.56. The molecule has 1 unspecified atom stereocenters. The SMILES string of the molecule is CC(C(=O)NCCc1ccc(F)cc1)N(c1ccc(Cl)cc1)S(C)(=O)=O. The number of hydrogen-bond donors (Lipinski definition) is 1. The minimum atomic E-state index is -3.67. The van der Waals surface area contributed by atoms with Gasteiger partial charge in [-0.2, -0.15) is 0 Å². The van der Waals surface area contributed by atoms with E-state index in [0.29, 0.717) is 23.7 Å². The number of nitrogens with zero attached hydrogens (tertiary/aromatic N) is 1. The molecule has 2 rings (SSSR count). The molecule has 8 heteroatoms. The van der Waals surface area contributed by atoms with Crippen molar-refractivity contribution < 1.29 is 17.6 Å². The third kappa shape index (κ3) is 5.44. The molecule has 0 aliphatic heterocycles. The molecule has 0 fully saturated rings. The van der Waals surface area contributed by atoms with Crippen LogP contribution >= 0.6 is 11.6 Å². The summed E-state index contributed by atoms with van der Waals surface area (Å²) >= 11 is 5.84. The summed E-state index contributed by atoms with van der Waals surface area (Å²) in [5.74, 6) is -0.745. The molecular weight excluding hydrogens is 379 g/mol. The van der Waals surface area contributed by atoms with Crippen molar-refractivity contribution in [3.63, 3.8) is 0 Å². The first-order valence-corrected chi connectivity index (χ1v) is 10.2. The van der Waals surface area contributed by atoms with Gasteiger partial charge >= 0.3 is 0 Å². The van der Waals surface area contributed by atoms with Gasteiger partial charge in [-0.1, -0.05) is 23.7 Å². The molecule has 140 valence electrons. The fraction of sp³-hybridized carbons (Fsp3) is 0.278. The van der Waals surface area contributed by atoms with Gasteiger partial charge in [0.1, 0.15) is 11.9 Å².